The molecule has 23 heavy (non-hydrogen) atoms. The van der Waals surface area contributed by atoms with E-state index in [0.717, 1.165) is 13.2 Å². The van der Waals surface area contributed by atoms with Gasteiger partial charge in [0.05, 0.1) is 19.2 Å². The maximum Gasteiger partial charge on any atom is 0.108 e. The van der Waals surface area contributed by atoms with Gasteiger partial charge >= 0.3 is 0 Å². The minimum atomic E-state index is -1.29. The van der Waals surface area contributed by atoms with Crippen LogP contribution in [0.15, 0.2) is 30.3 Å². The Labute approximate surface area is 144 Å². The van der Waals surface area contributed by atoms with Gasteiger partial charge in [0.15, 0.2) is 0 Å². The van der Waals surface area contributed by atoms with Crippen molar-refractivity contribution in [2.24, 2.45) is 0 Å². The van der Waals surface area contributed by atoms with Crippen LogP contribution in [0.25, 0.3) is 0 Å². The van der Waals surface area contributed by atoms with Crippen molar-refractivity contribution in [3.63, 3.8) is 0 Å². The molecule has 128 valence electrons. The first-order chi connectivity index (χ1) is 11.1. The maximum atomic E-state index is 6.76. The third-order valence-electron chi connectivity index (χ3n) is 6.25. The van der Waals surface area contributed by atoms with Crippen LogP contribution in [0.1, 0.15) is 38.5 Å². The molecule has 3 rings (SSSR count). The fraction of sp³-hybridized carbons (Fsp3) is 0.684. The summed E-state index contributed by atoms with van der Waals surface area (Å²) in [7, 11) is -2.31. The minimum absolute atomic E-state index is 0.00735. The highest BCUT2D eigenvalue weighted by Crippen LogP contribution is 2.46. The molecule has 3 atom stereocenters. The van der Waals surface area contributed by atoms with Gasteiger partial charge in [-0.05, 0) is 38.5 Å². The molecule has 0 aliphatic carbocycles. The lowest BCUT2D eigenvalue weighted by Gasteiger charge is -2.58. The van der Waals surface area contributed by atoms with Crippen LogP contribution in [-0.2, 0) is 9.47 Å². The third kappa shape index (κ3) is 2.99. The fourth-order valence-corrected chi connectivity index (χ4v) is 12.5. The van der Waals surface area contributed by atoms with Crippen LogP contribution in [0.4, 0.5) is 0 Å². The van der Waals surface area contributed by atoms with Gasteiger partial charge in [-0.25, -0.2) is 0 Å². The van der Waals surface area contributed by atoms with E-state index in [4.69, 9.17) is 9.47 Å². The predicted molar refractivity (Wildman–Crippen MR) is 103 cm³/mol. The fourth-order valence-electron chi connectivity index (χ4n) is 4.96. The number of hydrogen-bond acceptors (Lipinski definition) is 2. The normalized spacial score (nSPS) is 33.6. The van der Waals surface area contributed by atoms with Gasteiger partial charge in [0, 0.05) is 13.2 Å². The molecule has 0 spiro atoms. The largest absolute Gasteiger partial charge is 0.376 e. The van der Waals surface area contributed by atoms with Gasteiger partial charge in [0.1, 0.15) is 8.80 Å². The number of hydrogen-bond donors (Lipinski definition) is 0. The summed E-state index contributed by atoms with van der Waals surface area (Å²) >= 11 is 0. The third-order valence-corrected chi connectivity index (χ3v) is 13.1. The molecule has 2 saturated heterocycles. The van der Waals surface area contributed by atoms with Crippen LogP contribution in [0.3, 0.4) is 0 Å². The van der Waals surface area contributed by atoms with E-state index in [1.54, 1.807) is 0 Å². The van der Waals surface area contributed by atoms with E-state index in [1.165, 1.54) is 43.7 Å². The molecule has 2 aliphatic heterocycles. The summed E-state index contributed by atoms with van der Waals surface area (Å²) in [6, 6.07) is 11.2. The Kier molecular flexibility index (Phi) is 5.46. The highest BCUT2D eigenvalue weighted by atomic mass is 28.3. The van der Waals surface area contributed by atoms with E-state index in [0.29, 0.717) is 0 Å². The van der Waals surface area contributed by atoms with Crippen molar-refractivity contribution in [3.8, 4) is 0 Å². The highest BCUT2D eigenvalue weighted by molar-refractivity contribution is 6.77. The summed E-state index contributed by atoms with van der Waals surface area (Å²) in [4.78, 5) is 0. The number of rotatable bonds is 4. The highest BCUT2D eigenvalue weighted by Gasteiger charge is 2.59. The van der Waals surface area contributed by atoms with Crippen LogP contribution in [0, 0.1) is 0 Å². The second-order valence-corrected chi connectivity index (χ2v) is 14.0. The second kappa shape index (κ2) is 7.22. The molecule has 2 heterocycles. The van der Waals surface area contributed by atoms with Crippen molar-refractivity contribution in [2.45, 2.75) is 68.6 Å². The Hall–Kier alpha value is -0.426. The SMILES string of the molecule is C[SiH](C)C1(C2([SiH](C)c3ccccc3)CCCCO2)CCCCO1. The van der Waals surface area contributed by atoms with Gasteiger partial charge in [0.2, 0.25) is 0 Å². The van der Waals surface area contributed by atoms with E-state index >= 15 is 0 Å². The van der Waals surface area contributed by atoms with Crippen LogP contribution in [0.2, 0.25) is 19.6 Å². The molecule has 3 unspecified atom stereocenters. The van der Waals surface area contributed by atoms with Crippen LogP contribution < -0.4 is 5.19 Å². The van der Waals surface area contributed by atoms with Crippen LogP contribution >= 0.6 is 0 Å². The van der Waals surface area contributed by atoms with Gasteiger partial charge in [-0.3, -0.25) is 0 Å². The summed E-state index contributed by atoms with van der Waals surface area (Å²) in [5.41, 5.74) is 0. The van der Waals surface area contributed by atoms with E-state index in [2.05, 4.69) is 50.0 Å². The summed E-state index contributed by atoms with van der Waals surface area (Å²) in [6.07, 6.45) is 7.48. The Morgan fingerprint density at radius 3 is 1.83 bits per heavy atom. The van der Waals surface area contributed by atoms with Gasteiger partial charge in [0.25, 0.3) is 0 Å². The molecule has 4 heteroatoms. The average molecular weight is 349 g/mol. The zero-order valence-electron chi connectivity index (χ0n) is 15.0. The Bertz CT molecular complexity index is 491. The van der Waals surface area contributed by atoms with Crippen molar-refractivity contribution < 1.29 is 9.47 Å². The Balaban J connectivity index is 2.04. The molecule has 2 nitrogen and oxygen atoms in total. The molecule has 0 bridgehead atoms. The van der Waals surface area contributed by atoms with Crippen molar-refractivity contribution in [2.75, 3.05) is 13.2 Å². The molecular weight excluding hydrogens is 316 g/mol. The lowest BCUT2D eigenvalue weighted by atomic mass is 9.96. The van der Waals surface area contributed by atoms with E-state index in [1.807, 2.05) is 0 Å². The topological polar surface area (TPSA) is 18.5 Å². The lowest BCUT2D eigenvalue weighted by Crippen LogP contribution is -2.74. The zero-order chi connectivity index (χ0) is 16.3. The van der Waals surface area contributed by atoms with Gasteiger partial charge in [-0.1, -0.05) is 55.2 Å². The Morgan fingerprint density at radius 1 is 0.783 bits per heavy atom. The summed E-state index contributed by atoms with van der Waals surface area (Å²) in [6.45, 7) is 9.34. The van der Waals surface area contributed by atoms with E-state index in [9.17, 15) is 0 Å². The summed E-state index contributed by atoms with van der Waals surface area (Å²) in [5.74, 6) is 0. The zero-order valence-corrected chi connectivity index (χ0v) is 17.3. The van der Waals surface area contributed by atoms with E-state index in [-0.39, 0.29) is 10.4 Å². The standard InChI is InChI=1S/C19H32O2Si2/c1-22(2)18(13-7-9-15-20-18)19(14-8-10-16-21-19)23(3)17-11-5-4-6-12-17/h4-6,11-12,22-23H,7-10,13-16H2,1-3H3. The first-order valence-corrected chi connectivity index (χ1v) is 14.6. The monoisotopic (exact) mass is 348 g/mol. The molecular formula is C19H32O2Si2. The molecule has 0 N–H and O–H groups in total. The van der Waals surface area contributed by atoms with Crippen molar-refractivity contribution in [1.29, 1.82) is 0 Å². The first kappa shape index (κ1) is 17.4. The average Bonchev–Trinajstić information content (AvgIpc) is 2.62. The molecule has 2 aliphatic rings. The van der Waals surface area contributed by atoms with Crippen LogP contribution in [-0.4, -0.2) is 41.3 Å². The lowest BCUT2D eigenvalue weighted by molar-refractivity contribution is -0.163. The Morgan fingerprint density at radius 2 is 1.35 bits per heavy atom. The van der Waals surface area contributed by atoms with Crippen molar-refractivity contribution in [1.82, 2.24) is 0 Å². The van der Waals surface area contributed by atoms with Gasteiger partial charge < -0.3 is 9.47 Å². The van der Waals surface area contributed by atoms with Gasteiger partial charge in [-0.2, -0.15) is 0 Å². The quantitative estimate of drug-likeness (QED) is 0.778. The number of ether oxygens (including phenoxy) is 2. The van der Waals surface area contributed by atoms with Crippen molar-refractivity contribution >= 4 is 22.8 Å². The van der Waals surface area contributed by atoms with Crippen molar-refractivity contribution in [3.05, 3.63) is 30.3 Å². The molecule has 0 aromatic heterocycles. The van der Waals surface area contributed by atoms with E-state index < -0.39 is 17.6 Å². The molecule has 0 amide bonds. The molecule has 1 aromatic rings. The van der Waals surface area contributed by atoms with Gasteiger partial charge in [-0.15, -0.1) is 0 Å². The molecule has 1 aromatic carbocycles. The summed E-state index contributed by atoms with van der Waals surface area (Å²) in [5, 5.41) is 1.60. The van der Waals surface area contributed by atoms with Crippen LogP contribution in [0.5, 0.6) is 0 Å². The minimum Gasteiger partial charge on any atom is -0.376 e. The smallest absolute Gasteiger partial charge is 0.108 e. The molecule has 0 saturated carbocycles. The second-order valence-electron chi connectivity index (χ2n) is 7.68. The first-order valence-electron chi connectivity index (χ1n) is 9.45. The molecule has 2 fully saturated rings. The molecule has 0 radical (unpaired) electrons. The predicted octanol–water partition coefficient (Wildman–Crippen LogP) is 3.19. The number of benzene rings is 1. The maximum absolute atomic E-state index is 6.76. The summed E-state index contributed by atoms with van der Waals surface area (Å²) < 4.78 is 13.4.